The summed E-state index contributed by atoms with van der Waals surface area (Å²) in [5.41, 5.74) is 19.7. The zero-order valence-corrected chi connectivity index (χ0v) is 43.0. The quantitative estimate of drug-likeness (QED) is 0.118. The molecule has 0 atom stereocenters. The van der Waals surface area contributed by atoms with Gasteiger partial charge in [0.15, 0.2) is 5.82 Å². The first-order valence-electron chi connectivity index (χ1n) is 27.2. The molecule has 0 unspecified atom stereocenters. The van der Waals surface area contributed by atoms with Crippen LogP contribution in [0.15, 0.2) is 285 Å². The van der Waals surface area contributed by atoms with Crippen molar-refractivity contribution in [2.75, 3.05) is 9.80 Å². The van der Waals surface area contributed by atoms with E-state index in [4.69, 9.17) is 9.97 Å². The van der Waals surface area contributed by atoms with E-state index in [-0.39, 0.29) is 6.71 Å². The summed E-state index contributed by atoms with van der Waals surface area (Å²) in [6, 6.07) is 104. The zero-order chi connectivity index (χ0) is 52.0. The van der Waals surface area contributed by atoms with Gasteiger partial charge in [0.05, 0.1) is 11.4 Å². The van der Waals surface area contributed by atoms with Crippen molar-refractivity contribution in [3.05, 3.63) is 285 Å². The Hall–Kier alpha value is -10.4. The lowest BCUT2D eigenvalue weighted by atomic mass is 9.33. The Labute approximate surface area is 458 Å². The molecule has 0 saturated carbocycles. The molecule has 79 heavy (non-hydrogen) atoms. The summed E-state index contributed by atoms with van der Waals surface area (Å²) in [7, 11) is 0. The Kier molecular flexibility index (Phi) is 10.3. The van der Waals surface area contributed by atoms with Crippen LogP contribution in [-0.2, 0) is 0 Å². The highest BCUT2D eigenvalue weighted by atomic mass is 15.2. The maximum absolute atomic E-state index is 5.53. The fourth-order valence-corrected chi connectivity index (χ4v) is 12.6. The maximum atomic E-state index is 5.53. The first-order valence-corrected chi connectivity index (χ1v) is 27.2. The standard InChI is InChI=1S/C74H47BN4/c1-5-17-48(18-6-1)50-33-37-59(38-34-50)78-69-41-56-31-29-52-21-13-15-27-61(52)63(56)45-65(69)75-66-46-64-57(32-30-53-22-14-16-28-62(53)64)42-70(66)79(60-39-35-51(36-40-60)49-19-7-2-8-20-49)72-44-58(43-71(78)73(72)75)74-76-67(54-23-9-3-10-24-54)47-68(77-74)55-25-11-4-12-26-55/h1-47H. The molecular weight excluding hydrogens is 956 g/mol. The maximum Gasteiger partial charge on any atom is 0.252 e. The third-order valence-electron chi connectivity index (χ3n) is 16.4. The molecule has 0 saturated heterocycles. The second kappa shape index (κ2) is 18.2. The van der Waals surface area contributed by atoms with E-state index in [2.05, 4.69) is 295 Å². The predicted molar refractivity (Wildman–Crippen MR) is 333 cm³/mol. The molecule has 0 spiro atoms. The second-order valence-electron chi connectivity index (χ2n) is 20.9. The Balaban J connectivity index is 1.03. The van der Waals surface area contributed by atoms with E-state index in [0.717, 1.165) is 73.3 Å². The Bertz CT molecular complexity index is 4410. The predicted octanol–water partition coefficient (Wildman–Crippen LogP) is 17.5. The monoisotopic (exact) mass is 1000 g/mol. The van der Waals surface area contributed by atoms with Crippen LogP contribution >= 0.6 is 0 Å². The average Bonchev–Trinajstić information content (AvgIpc) is 3.70. The number of anilines is 6. The third kappa shape index (κ3) is 7.46. The number of fused-ring (bicyclic) bond motifs is 10. The lowest BCUT2D eigenvalue weighted by molar-refractivity contribution is 1.18. The molecule has 0 N–H and O–H groups in total. The minimum absolute atomic E-state index is 0.160. The average molecular weight is 1000 g/mol. The van der Waals surface area contributed by atoms with Gasteiger partial charge in [-0.15, -0.1) is 0 Å². The SMILES string of the molecule is c1ccc(-c2ccc(N3c4cc5ccc6ccccc6c5cc4B4c5cc6c(ccc7ccccc76)cc5N(c5ccc(-c6ccccc6)cc5)c5cc(-c6nc(-c7ccccc7)cc(-c7ccccc7)n6)cc3c54)cc2)cc1. The third-order valence-corrected chi connectivity index (χ3v) is 16.4. The molecule has 0 amide bonds. The molecule has 0 radical (unpaired) electrons. The highest BCUT2D eigenvalue weighted by Gasteiger charge is 2.44. The van der Waals surface area contributed by atoms with E-state index in [1.807, 2.05) is 0 Å². The van der Waals surface area contributed by atoms with Gasteiger partial charge in [-0.25, -0.2) is 9.97 Å². The number of hydrogen-bond acceptors (Lipinski definition) is 4. The highest BCUT2D eigenvalue weighted by Crippen LogP contribution is 2.48. The van der Waals surface area contributed by atoms with E-state index in [9.17, 15) is 0 Å². The van der Waals surface area contributed by atoms with Crippen molar-refractivity contribution < 1.29 is 0 Å². The minimum atomic E-state index is -0.160. The lowest BCUT2D eigenvalue weighted by Crippen LogP contribution is -2.61. The largest absolute Gasteiger partial charge is 0.311 e. The fourth-order valence-electron chi connectivity index (χ4n) is 12.6. The Morgan fingerprint density at radius 2 is 0.620 bits per heavy atom. The van der Waals surface area contributed by atoms with Crippen molar-refractivity contribution in [3.8, 4) is 56.2 Å². The van der Waals surface area contributed by atoms with Gasteiger partial charge in [-0.05, 0) is 136 Å². The Morgan fingerprint density at radius 1 is 0.253 bits per heavy atom. The molecule has 0 bridgehead atoms. The first-order chi connectivity index (χ1) is 39.1. The van der Waals surface area contributed by atoms with Gasteiger partial charge < -0.3 is 9.80 Å². The van der Waals surface area contributed by atoms with Crippen molar-refractivity contribution in [1.29, 1.82) is 0 Å². The van der Waals surface area contributed by atoms with Crippen LogP contribution in [0.3, 0.4) is 0 Å². The van der Waals surface area contributed by atoms with Gasteiger partial charge in [0.2, 0.25) is 0 Å². The number of benzene rings is 13. The molecule has 2 aliphatic heterocycles. The van der Waals surface area contributed by atoms with Crippen molar-refractivity contribution in [2.24, 2.45) is 0 Å². The smallest absolute Gasteiger partial charge is 0.252 e. The summed E-state index contributed by atoms with van der Waals surface area (Å²) in [5.74, 6) is 0.654. The van der Waals surface area contributed by atoms with Crippen LogP contribution in [0.4, 0.5) is 34.1 Å². The zero-order valence-electron chi connectivity index (χ0n) is 43.0. The topological polar surface area (TPSA) is 32.3 Å². The van der Waals surface area contributed by atoms with Crippen LogP contribution in [0.5, 0.6) is 0 Å². The number of aromatic nitrogens is 2. The van der Waals surface area contributed by atoms with E-state index >= 15 is 0 Å². The minimum Gasteiger partial charge on any atom is -0.311 e. The van der Waals surface area contributed by atoms with Crippen LogP contribution < -0.4 is 26.2 Å². The second-order valence-corrected chi connectivity index (χ2v) is 20.9. The normalized spacial score (nSPS) is 12.5. The summed E-state index contributed by atoms with van der Waals surface area (Å²) in [5, 5.41) is 9.80. The molecule has 2 aliphatic rings. The van der Waals surface area contributed by atoms with Crippen LogP contribution in [0.25, 0.3) is 99.2 Å². The molecule has 14 aromatic rings. The summed E-state index contributed by atoms with van der Waals surface area (Å²) in [6.07, 6.45) is 0. The van der Waals surface area contributed by atoms with Gasteiger partial charge >= 0.3 is 0 Å². The van der Waals surface area contributed by atoms with Gasteiger partial charge in [0.25, 0.3) is 6.71 Å². The van der Waals surface area contributed by atoms with Crippen LogP contribution in [0.1, 0.15) is 0 Å². The van der Waals surface area contributed by atoms with Gasteiger partial charge in [-0.1, -0.05) is 231 Å². The van der Waals surface area contributed by atoms with E-state index < -0.39 is 0 Å². The first kappa shape index (κ1) is 44.9. The van der Waals surface area contributed by atoms with Crippen LogP contribution in [0.2, 0.25) is 0 Å². The van der Waals surface area contributed by atoms with Gasteiger partial charge in [0.1, 0.15) is 0 Å². The summed E-state index contributed by atoms with van der Waals surface area (Å²) < 4.78 is 0. The van der Waals surface area contributed by atoms with Gasteiger partial charge in [-0.3, -0.25) is 0 Å². The molecule has 1 aromatic heterocycles. The lowest BCUT2D eigenvalue weighted by Gasteiger charge is -2.44. The Morgan fingerprint density at radius 3 is 1.05 bits per heavy atom. The van der Waals surface area contributed by atoms with Crippen molar-refractivity contribution >= 4 is 100 Å². The molecule has 366 valence electrons. The highest BCUT2D eigenvalue weighted by molar-refractivity contribution is 7.00. The number of hydrogen-bond donors (Lipinski definition) is 0. The summed E-state index contributed by atoms with van der Waals surface area (Å²) in [6.45, 7) is -0.160. The van der Waals surface area contributed by atoms with Crippen molar-refractivity contribution in [3.63, 3.8) is 0 Å². The van der Waals surface area contributed by atoms with Crippen molar-refractivity contribution in [1.82, 2.24) is 9.97 Å². The van der Waals surface area contributed by atoms with Gasteiger partial charge in [-0.2, -0.15) is 0 Å². The molecule has 3 heterocycles. The van der Waals surface area contributed by atoms with E-state index in [0.29, 0.717) is 5.82 Å². The molecule has 0 aliphatic carbocycles. The summed E-state index contributed by atoms with van der Waals surface area (Å²) >= 11 is 0. The van der Waals surface area contributed by atoms with E-state index in [1.165, 1.54) is 70.6 Å². The number of rotatable bonds is 7. The molecule has 13 aromatic carbocycles. The molecule has 5 heteroatoms. The fraction of sp³-hybridized carbons (Fsp3) is 0. The number of nitrogens with zero attached hydrogens (tertiary/aromatic N) is 4. The molecule has 0 fully saturated rings. The van der Waals surface area contributed by atoms with Crippen LogP contribution in [0, 0.1) is 0 Å². The van der Waals surface area contributed by atoms with Gasteiger partial charge in [0, 0.05) is 50.8 Å². The van der Waals surface area contributed by atoms with Crippen molar-refractivity contribution in [2.45, 2.75) is 0 Å². The summed E-state index contributed by atoms with van der Waals surface area (Å²) in [4.78, 5) is 16.1. The molecule has 4 nitrogen and oxygen atoms in total. The molecular formula is C74H47BN4. The van der Waals surface area contributed by atoms with E-state index in [1.54, 1.807) is 0 Å². The van der Waals surface area contributed by atoms with Crippen LogP contribution in [-0.4, -0.2) is 16.7 Å². The molecule has 16 rings (SSSR count).